The van der Waals surface area contributed by atoms with E-state index in [4.69, 9.17) is 9.97 Å². The van der Waals surface area contributed by atoms with E-state index in [-0.39, 0.29) is 0 Å². The lowest BCUT2D eigenvalue weighted by Gasteiger charge is -2.29. The maximum Gasteiger partial charge on any atom is 0.228 e. The van der Waals surface area contributed by atoms with Gasteiger partial charge in [-0.25, -0.2) is 4.98 Å². The Balaban J connectivity index is 1.48. The van der Waals surface area contributed by atoms with E-state index in [2.05, 4.69) is 34.5 Å². The first-order chi connectivity index (χ1) is 14.3. The summed E-state index contributed by atoms with van der Waals surface area (Å²) in [4.78, 5) is 11.9. The van der Waals surface area contributed by atoms with Crippen molar-refractivity contribution < 1.29 is 5.11 Å². The highest BCUT2D eigenvalue weighted by Gasteiger charge is 2.21. The van der Waals surface area contributed by atoms with Crippen molar-refractivity contribution in [2.75, 3.05) is 16.8 Å². The molecule has 0 aliphatic carbocycles. The van der Waals surface area contributed by atoms with E-state index >= 15 is 0 Å². The molecule has 0 amide bonds. The molecule has 0 bridgehead atoms. The smallest absolute Gasteiger partial charge is 0.228 e. The Hall–Kier alpha value is -3.60. The van der Waals surface area contributed by atoms with Crippen molar-refractivity contribution in [1.82, 2.24) is 9.97 Å². The topological polar surface area (TPSA) is 61.3 Å². The van der Waals surface area contributed by atoms with Gasteiger partial charge in [0.2, 0.25) is 5.95 Å². The van der Waals surface area contributed by atoms with E-state index in [1.165, 1.54) is 5.56 Å². The monoisotopic (exact) mass is 382 g/mol. The van der Waals surface area contributed by atoms with E-state index in [0.717, 1.165) is 40.8 Å². The van der Waals surface area contributed by atoms with Crippen molar-refractivity contribution >= 4 is 22.7 Å². The van der Waals surface area contributed by atoms with Crippen LogP contribution in [0.5, 0.6) is 5.75 Å². The van der Waals surface area contributed by atoms with Crippen LogP contribution in [0.4, 0.5) is 11.8 Å². The van der Waals surface area contributed by atoms with Crippen molar-refractivity contribution in [2.45, 2.75) is 19.5 Å². The third-order valence-corrected chi connectivity index (χ3v) is 5.42. The summed E-state index contributed by atoms with van der Waals surface area (Å²) in [6, 6.07) is 24.1. The zero-order valence-electron chi connectivity index (χ0n) is 16.0. The Morgan fingerprint density at radius 2 is 1.72 bits per heavy atom. The van der Waals surface area contributed by atoms with Gasteiger partial charge < -0.3 is 15.3 Å². The standard InChI is InChI=1S/C24H22N4O/c29-22-12-6-9-18-16-28(14-13-19(18)22)24-26-21-11-5-4-10-20(21)23(27-24)25-15-17-7-2-1-3-8-17/h1-12,29H,13-16H2,(H,25,26,27). The third kappa shape index (κ3) is 3.47. The van der Waals surface area contributed by atoms with Gasteiger partial charge in [0, 0.05) is 30.6 Å². The molecule has 0 unspecified atom stereocenters. The Kier molecular flexibility index (Phi) is 4.48. The van der Waals surface area contributed by atoms with Crippen molar-refractivity contribution in [1.29, 1.82) is 0 Å². The van der Waals surface area contributed by atoms with Gasteiger partial charge in [0.1, 0.15) is 11.6 Å². The number of rotatable bonds is 4. The predicted octanol–water partition coefficient (Wildman–Crippen LogP) is 4.51. The molecule has 0 fully saturated rings. The van der Waals surface area contributed by atoms with E-state index in [1.54, 1.807) is 6.07 Å². The summed E-state index contributed by atoms with van der Waals surface area (Å²) in [6.45, 7) is 2.18. The highest BCUT2D eigenvalue weighted by atomic mass is 16.3. The Labute approximate surface area is 169 Å². The summed E-state index contributed by atoms with van der Waals surface area (Å²) in [5.74, 6) is 1.94. The first-order valence-electron chi connectivity index (χ1n) is 9.87. The molecule has 0 saturated carbocycles. The van der Waals surface area contributed by atoms with Crippen LogP contribution in [0.25, 0.3) is 10.9 Å². The number of aromatic nitrogens is 2. The Morgan fingerprint density at radius 3 is 2.62 bits per heavy atom. The molecule has 1 aromatic heterocycles. The molecule has 3 aromatic carbocycles. The molecule has 2 N–H and O–H groups in total. The van der Waals surface area contributed by atoms with Gasteiger partial charge in [-0.15, -0.1) is 0 Å². The van der Waals surface area contributed by atoms with Crippen LogP contribution >= 0.6 is 0 Å². The number of para-hydroxylation sites is 1. The minimum absolute atomic E-state index is 0.381. The zero-order valence-corrected chi connectivity index (χ0v) is 16.0. The van der Waals surface area contributed by atoms with Crippen LogP contribution in [0, 0.1) is 0 Å². The summed E-state index contributed by atoms with van der Waals surface area (Å²) in [5.41, 5.74) is 4.30. The van der Waals surface area contributed by atoms with Crippen LogP contribution in [0.15, 0.2) is 72.8 Å². The third-order valence-electron chi connectivity index (χ3n) is 5.42. The van der Waals surface area contributed by atoms with Gasteiger partial charge in [0.25, 0.3) is 0 Å². The molecule has 5 rings (SSSR count). The van der Waals surface area contributed by atoms with Gasteiger partial charge in [0.15, 0.2) is 0 Å². The lowest BCUT2D eigenvalue weighted by molar-refractivity contribution is 0.464. The number of hydrogen-bond acceptors (Lipinski definition) is 5. The lowest BCUT2D eigenvalue weighted by Crippen LogP contribution is -2.32. The number of nitrogens with one attached hydrogen (secondary N) is 1. The normalized spacial score (nSPS) is 13.3. The summed E-state index contributed by atoms with van der Waals surface area (Å²) in [7, 11) is 0. The second-order valence-corrected chi connectivity index (χ2v) is 7.31. The molecule has 0 atom stereocenters. The zero-order chi connectivity index (χ0) is 19.6. The number of fused-ring (bicyclic) bond motifs is 2. The first kappa shape index (κ1) is 17.5. The van der Waals surface area contributed by atoms with Gasteiger partial charge >= 0.3 is 0 Å². The number of nitrogens with zero attached hydrogens (tertiary/aromatic N) is 3. The Bertz CT molecular complexity index is 1160. The van der Waals surface area contributed by atoms with Crippen molar-refractivity contribution in [3.05, 3.63) is 89.5 Å². The second-order valence-electron chi connectivity index (χ2n) is 7.31. The van der Waals surface area contributed by atoms with Crippen LogP contribution in [0.3, 0.4) is 0 Å². The van der Waals surface area contributed by atoms with Crippen molar-refractivity contribution in [3.63, 3.8) is 0 Å². The number of hydrogen-bond donors (Lipinski definition) is 2. The van der Waals surface area contributed by atoms with Gasteiger partial charge in [-0.1, -0.05) is 54.6 Å². The molecule has 29 heavy (non-hydrogen) atoms. The molecular formula is C24H22N4O. The fourth-order valence-corrected chi connectivity index (χ4v) is 3.88. The number of aromatic hydroxyl groups is 1. The van der Waals surface area contributed by atoms with Crippen LogP contribution in [-0.2, 0) is 19.5 Å². The van der Waals surface area contributed by atoms with Crippen molar-refractivity contribution in [3.8, 4) is 5.75 Å². The number of benzene rings is 3. The molecule has 144 valence electrons. The van der Waals surface area contributed by atoms with Crippen molar-refractivity contribution in [2.24, 2.45) is 0 Å². The van der Waals surface area contributed by atoms with E-state index in [1.807, 2.05) is 42.5 Å². The average molecular weight is 382 g/mol. The quantitative estimate of drug-likeness (QED) is 0.544. The maximum atomic E-state index is 10.1. The molecule has 2 heterocycles. The summed E-state index contributed by atoms with van der Waals surface area (Å²) >= 11 is 0. The Morgan fingerprint density at radius 1 is 0.897 bits per heavy atom. The van der Waals surface area contributed by atoms with E-state index < -0.39 is 0 Å². The first-order valence-corrected chi connectivity index (χ1v) is 9.87. The molecule has 5 heteroatoms. The van der Waals surface area contributed by atoms with Gasteiger partial charge in [-0.3, -0.25) is 0 Å². The summed E-state index contributed by atoms with van der Waals surface area (Å²) in [6.07, 6.45) is 0.783. The minimum Gasteiger partial charge on any atom is -0.508 e. The van der Waals surface area contributed by atoms with Gasteiger partial charge in [-0.05, 0) is 35.7 Å². The molecule has 0 saturated heterocycles. The SMILES string of the molecule is Oc1cccc2c1CCN(c1nc(NCc3ccccc3)c3ccccc3n1)C2. The summed E-state index contributed by atoms with van der Waals surface area (Å²) in [5, 5.41) is 14.6. The highest BCUT2D eigenvalue weighted by Crippen LogP contribution is 2.30. The second kappa shape index (κ2) is 7.43. The molecule has 5 nitrogen and oxygen atoms in total. The average Bonchev–Trinajstić information content (AvgIpc) is 2.78. The molecule has 0 radical (unpaired) electrons. The van der Waals surface area contributed by atoms with E-state index in [9.17, 15) is 5.11 Å². The van der Waals surface area contributed by atoms with Crippen LogP contribution in [-0.4, -0.2) is 21.6 Å². The highest BCUT2D eigenvalue weighted by molar-refractivity contribution is 5.90. The van der Waals surface area contributed by atoms with Crippen LogP contribution in [0.2, 0.25) is 0 Å². The number of anilines is 2. The van der Waals surface area contributed by atoms with Gasteiger partial charge in [0.05, 0.1) is 5.52 Å². The largest absolute Gasteiger partial charge is 0.508 e. The molecular weight excluding hydrogens is 360 g/mol. The molecule has 0 spiro atoms. The number of phenols is 1. The maximum absolute atomic E-state index is 10.1. The minimum atomic E-state index is 0.381. The fraction of sp³-hybridized carbons (Fsp3) is 0.167. The number of phenolic OH excluding ortho intramolecular Hbond substituents is 1. The van der Waals surface area contributed by atoms with Crippen LogP contribution in [0.1, 0.15) is 16.7 Å². The molecule has 1 aliphatic heterocycles. The summed E-state index contributed by atoms with van der Waals surface area (Å²) < 4.78 is 0. The van der Waals surface area contributed by atoms with Crippen LogP contribution < -0.4 is 10.2 Å². The van der Waals surface area contributed by atoms with E-state index in [0.29, 0.717) is 24.8 Å². The van der Waals surface area contributed by atoms with Gasteiger partial charge in [-0.2, -0.15) is 4.98 Å². The fourth-order valence-electron chi connectivity index (χ4n) is 3.88. The lowest BCUT2D eigenvalue weighted by atomic mass is 9.99. The molecule has 1 aliphatic rings. The predicted molar refractivity (Wildman–Crippen MR) is 116 cm³/mol. The molecule has 4 aromatic rings.